The molecular weight excluding hydrogens is 298 g/mol. The highest BCUT2D eigenvalue weighted by Crippen LogP contribution is 2.14. The van der Waals surface area contributed by atoms with E-state index in [0.29, 0.717) is 19.2 Å². The third-order valence-electron chi connectivity index (χ3n) is 3.78. The first-order valence-electron chi connectivity index (χ1n) is 8.88. The second-order valence-corrected chi connectivity index (χ2v) is 7.20. The molecule has 0 spiro atoms. The normalized spacial score (nSPS) is 15.8. The molecule has 2 N–H and O–H groups in total. The van der Waals surface area contributed by atoms with Gasteiger partial charge in [-0.25, -0.2) is 4.99 Å². The number of ether oxygens (including phenoxy) is 1. The summed E-state index contributed by atoms with van der Waals surface area (Å²) in [6, 6.07) is 8.94. The smallest absolute Gasteiger partial charge is 0.191 e. The molecule has 0 aliphatic heterocycles. The Morgan fingerprint density at radius 2 is 1.92 bits per heavy atom. The highest BCUT2D eigenvalue weighted by molar-refractivity contribution is 5.80. The van der Waals surface area contributed by atoms with Gasteiger partial charge in [0.15, 0.2) is 5.96 Å². The van der Waals surface area contributed by atoms with Crippen molar-refractivity contribution in [3.63, 3.8) is 0 Å². The molecule has 0 saturated heterocycles. The third-order valence-corrected chi connectivity index (χ3v) is 3.78. The fourth-order valence-electron chi connectivity index (χ4n) is 2.54. The molecule has 132 valence electrons. The van der Waals surface area contributed by atoms with Crippen LogP contribution in [0, 0.1) is 0 Å². The summed E-state index contributed by atoms with van der Waals surface area (Å²) in [7, 11) is 0. The lowest BCUT2D eigenvalue weighted by atomic mass is 10.1. The summed E-state index contributed by atoms with van der Waals surface area (Å²) >= 11 is 0. The first-order valence-corrected chi connectivity index (χ1v) is 8.88. The zero-order valence-electron chi connectivity index (χ0n) is 15.4. The van der Waals surface area contributed by atoms with Crippen LogP contribution in [0.15, 0.2) is 41.4 Å². The van der Waals surface area contributed by atoms with Gasteiger partial charge in [-0.1, -0.05) is 36.4 Å². The Morgan fingerprint density at radius 1 is 1.21 bits per heavy atom. The van der Waals surface area contributed by atoms with Gasteiger partial charge in [0.1, 0.15) is 0 Å². The molecule has 0 amide bonds. The van der Waals surface area contributed by atoms with Gasteiger partial charge in [0, 0.05) is 12.6 Å². The van der Waals surface area contributed by atoms with E-state index in [1.165, 1.54) is 11.1 Å². The average Bonchev–Trinajstić information content (AvgIpc) is 3.04. The molecule has 0 unspecified atom stereocenters. The van der Waals surface area contributed by atoms with Crippen molar-refractivity contribution in [2.45, 2.75) is 65.3 Å². The average molecular weight is 329 g/mol. The SMILES string of the molecule is CCNC(=NCc1cccc(COC(C)(C)C)c1)NC1CC=CC1. The highest BCUT2D eigenvalue weighted by Gasteiger charge is 2.12. The van der Waals surface area contributed by atoms with Crippen LogP contribution in [-0.4, -0.2) is 24.1 Å². The molecule has 0 saturated carbocycles. The van der Waals surface area contributed by atoms with E-state index in [2.05, 4.69) is 74.7 Å². The molecule has 0 radical (unpaired) electrons. The maximum Gasteiger partial charge on any atom is 0.191 e. The molecule has 0 fully saturated rings. The van der Waals surface area contributed by atoms with Crippen molar-refractivity contribution in [2.75, 3.05) is 6.54 Å². The van der Waals surface area contributed by atoms with Gasteiger partial charge in [0.2, 0.25) is 0 Å². The zero-order chi connectivity index (χ0) is 17.4. The van der Waals surface area contributed by atoms with Gasteiger partial charge >= 0.3 is 0 Å². The first-order chi connectivity index (χ1) is 11.5. The van der Waals surface area contributed by atoms with E-state index in [9.17, 15) is 0 Å². The van der Waals surface area contributed by atoms with E-state index in [-0.39, 0.29) is 5.60 Å². The van der Waals surface area contributed by atoms with Crippen LogP contribution in [0.3, 0.4) is 0 Å². The van der Waals surface area contributed by atoms with E-state index < -0.39 is 0 Å². The van der Waals surface area contributed by atoms with Gasteiger partial charge in [-0.3, -0.25) is 0 Å². The summed E-state index contributed by atoms with van der Waals surface area (Å²) in [5.74, 6) is 0.891. The van der Waals surface area contributed by atoms with Crippen molar-refractivity contribution in [1.29, 1.82) is 0 Å². The van der Waals surface area contributed by atoms with Crippen LogP contribution >= 0.6 is 0 Å². The van der Waals surface area contributed by atoms with E-state index in [1.807, 2.05) is 0 Å². The van der Waals surface area contributed by atoms with Crippen molar-refractivity contribution >= 4 is 5.96 Å². The minimum absolute atomic E-state index is 0.119. The van der Waals surface area contributed by atoms with Gasteiger partial charge in [-0.2, -0.15) is 0 Å². The molecule has 4 nitrogen and oxygen atoms in total. The standard InChI is InChI=1S/C20H31N3O/c1-5-21-19(23-18-11-6-7-12-18)22-14-16-9-8-10-17(13-16)15-24-20(2,3)4/h6-10,13,18H,5,11-12,14-15H2,1-4H3,(H2,21,22,23). The number of hydrogen-bond acceptors (Lipinski definition) is 2. The summed E-state index contributed by atoms with van der Waals surface area (Å²) in [5, 5.41) is 6.82. The number of benzene rings is 1. The lowest BCUT2D eigenvalue weighted by Gasteiger charge is -2.19. The molecule has 2 rings (SSSR count). The Labute approximate surface area is 146 Å². The Kier molecular flexibility index (Phi) is 6.85. The van der Waals surface area contributed by atoms with Crippen molar-refractivity contribution < 1.29 is 4.74 Å². The minimum atomic E-state index is -0.119. The number of rotatable bonds is 6. The zero-order valence-corrected chi connectivity index (χ0v) is 15.4. The van der Waals surface area contributed by atoms with Crippen molar-refractivity contribution in [3.8, 4) is 0 Å². The maximum atomic E-state index is 5.86. The van der Waals surface area contributed by atoms with E-state index >= 15 is 0 Å². The first kappa shape index (κ1) is 18.5. The summed E-state index contributed by atoms with van der Waals surface area (Å²) in [5.41, 5.74) is 2.27. The van der Waals surface area contributed by atoms with Crippen LogP contribution in [0.1, 0.15) is 51.7 Å². The van der Waals surface area contributed by atoms with Gasteiger partial charge in [0.05, 0.1) is 18.8 Å². The van der Waals surface area contributed by atoms with Crippen LogP contribution in [0.25, 0.3) is 0 Å². The molecule has 1 aromatic carbocycles. The van der Waals surface area contributed by atoms with Gasteiger partial charge in [0.25, 0.3) is 0 Å². The van der Waals surface area contributed by atoms with Crippen LogP contribution in [0.2, 0.25) is 0 Å². The number of hydrogen-bond donors (Lipinski definition) is 2. The molecular formula is C20H31N3O. The number of nitrogens with one attached hydrogen (secondary N) is 2. The van der Waals surface area contributed by atoms with Crippen LogP contribution in [-0.2, 0) is 17.9 Å². The fourth-order valence-corrected chi connectivity index (χ4v) is 2.54. The Balaban J connectivity index is 1.94. The van der Waals surface area contributed by atoms with Crippen LogP contribution in [0.5, 0.6) is 0 Å². The van der Waals surface area contributed by atoms with Crippen molar-refractivity contribution in [2.24, 2.45) is 4.99 Å². The predicted octanol–water partition coefficient (Wildman–Crippen LogP) is 3.78. The second-order valence-electron chi connectivity index (χ2n) is 7.20. The highest BCUT2D eigenvalue weighted by atomic mass is 16.5. The lowest BCUT2D eigenvalue weighted by Crippen LogP contribution is -2.42. The molecule has 1 aliphatic rings. The third kappa shape index (κ3) is 6.75. The molecule has 1 aromatic rings. The van der Waals surface area contributed by atoms with Gasteiger partial charge in [-0.05, 0) is 51.7 Å². The largest absolute Gasteiger partial charge is 0.371 e. The van der Waals surface area contributed by atoms with Crippen molar-refractivity contribution in [1.82, 2.24) is 10.6 Å². The molecule has 0 bridgehead atoms. The molecule has 4 heteroatoms. The summed E-state index contributed by atoms with van der Waals surface area (Å²) < 4.78 is 5.86. The monoisotopic (exact) mass is 329 g/mol. The van der Waals surface area contributed by atoms with Gasteiger partial charge < -0.3 is 15.4 Å². The fraction of sp³-hybridized carbons (Fsp3) is 0.550. The minimum Gasteiger partial charge on any atom is -0.371 e. The number of nitrogens with zero attached hydrogens (tertiary/aromatic N) is 1. The Hall–Kier alpha value is -1.81. The Bertz CT molecular complexity index is 564. The van der Waals surface area contributed by atoms with Gasteiger partial charge in [-0.15, -0.1) is 0 Å². The summed E-state index contributed by atoms with van der Waals surface area (Å²) in [4.78, 5) is 4.72. The van der Waals surface area contributed by atoms with E-state index in [0.717, 1.165) is 25.3 Å². The quantitative estimate of drug-likeness (QED) is 0.474. The number of guanidine groups is 1. The van der Waals surface area contributed by atoms with Crippen molar-refractivity contribution in [3.05, 3.63) is 47.5 Å². The topological polar surface area (TPSA) is 45.7 Å². The molecule has 0 aromatic heterocycles. The molecule has 1 aliphatic carbocycles. The second kappa shape index (κ2) is 8.88. The Morgan fingerprint density at radius 3 is 2.58 bits per heavy atom. The predicted molar refractivity (Wildman–Crippen MR) is 101 cm³/mol. The maximum absolute atomic E-state index is 5.86. The van der Waals surface area contributed by atoms with E-state index in [1.54, 1.807) is 0 Å². The molecule has 0 heterocycles. The summed E-state index contributed by atoms with van der Waals surface area (Å²) in [6.45, 7) is 10.5. The lowest BCUT2D eigenvalue weighted by molar-refractivity contribution is -0.0149. The van der Waals surface area contributed by atoms with Crippen LogP contribution < -0.4 is 10.6 Å². The molecule has 0 atom stereocenters. The molecule has 24 heavy (non-hydrogen) atoms. The van der Waals surface area contributed by atoms with Crippen LogP contribution in [0.4, 0.5) is 0 Å². The summed E-state index contributed by atoms with van der Waals surface area (Å²) in [6.07, 6.45) is 6.59. The van der Waals surface area contributed by atoms with E-state index in [4.69, 9.17) is 9.73 Å². The number of aliphatic imine (C=N–C) groups is 1.